The van der Waals surface area contributed by atoms with Gasteiger partial charge in [0.25, 0.3) is 0 Å². The van der Waals surface area contributed by atoms with Crippen LogP contribution in [0.5, 0.6) is 0 Å². The number of nitrogens with zero attached hydrogens (tertiary/aromatic N) is 9. The molecule has 0 amide bonds. The van der Waals surface area contributed by atoms with Crippen molar-refractivity contribution < 1.29 is 0 Å². The minimum absolute atomic E-state index is 0.240. The van der Waals surface area contributed by atoms with Gasteiger partial charge in [0.05, 0.1) is 5.69 Å². The molecule has 1 aromatic rings. The molecule has 0 bridgehead atoms. The Labute approximate surface area is 93.8 Å². The van der Waals surface area contributed by atoms with Crippen molar-refractivity contribution in [1.29, 1.82) is 10.5 Å². The van der Waals surface area contributed by atoms with Crippen LogP contribution >= 0.6 is 0 Å². The molecular weight excluding hydrogens is 224 g/mol. The van der Waals surface area contributed by atoms with E-state index in [0.29, 0.717) is 0 Å². The standard InChI is InChI=1S/C7H2N10/c8-1-3-5(10)4(2-9)7(15-17-12)13-6(3)14-16-11/h(H2,10,13). The molecule has 0 aliphatic carbocycles. The van der Waals surface area contributed by atoms with Crippen molar-refractivity contribution in [2.45, 2.75) is 0 Å². The lowest BCUT2D eigenvalue weighted by Gasteiger charge is -2.04. The Morgan fingerprint density at radius 3 is 1.76 bits per heavy atom. The van der Waals surface area contributed by atoms with E-state index in [1.54, 1.807) is 12.1 Å². The van der Waals surface area contributed by atoms with Gasteiger partial charge in [-0.25, -0.2) is 4.98 Å². The number of hydrogen-bond donors (Lipinski definition) is 1. The second kappa shape index (κ2) is 4.87. The van der Waals surface area contributed by atoms with E-state index in [-0.39, 0.29) is 28.5 Å². The topological polar surface area (TPSA) is 184 Å². The van der Waals surface area contributed by atoms with Crippen LogP contribution in [0.4, 0.5) is 17.3 Å². The minimum atomic E-state index is -0.339. The summed E-state index contributed by atoms with van der Waals surface area (Å²) in [7, 11) is 0. The summed E-state index contributed by atoms with van der Waals surface area (Å²) in [6, 6.07) is 3.31. The fraction of sp³-hybridized carbons (Fsp3) is 0. The Balaban J connectivity index is 3.80. The van der Waals surface area contributed by atoms with Gasteiger partial charge in [-0.3, -0.25) is 0 Å². The third-order valence-corrected chi connectivity index (χ3v) is 1.70. The molecule has 10 heteroatoms. The highest BCUT2D eigenvalue weighted by Gasteiger charge is 2.15. The Kier molecular flexibility index (Phi) is 3.33. The minimum Gasteiger partial charge on any atom is -0.396 e. The summed E-state index contributed by atoms with van der Waals surface area (Å²) >= 11 is 0. The van der Waals surface area contributed by atoms with Crippen LogP contribution in [0, 0.1) is 22.7 Å². The molecule has 2 N–H and O–H groups in total. The predicted molar refractivity (Wildman–Crippen MR) is 55.7 cm³/mol. The first-order valence-electron chi connectivity index (χ1n) is 3.93. The molecule has 1 rings (SSSR count). The Morgan fingerprint density at radius 1 is 1.06 bits per heavy atom. The lowest BCUT2D eigenvalue weighted by atomic mass is 10.1. The molecule has 1 aromatic heterocycles. The number of nitriles is 2. The van der Waals surface area contributed by atoms with Crippen molar-refractivity contribution in [2.75, 3.05) is 5.73 Å². The molecule has 0 spiro atoms. The summed E-state index contributed by atoms with van der Waals surface area (Å²) in [6.07, 6.45) is 0. The van der Waals surface area contributed by atoms with Crippen LogP contribution in [0.1, 0.15) is 11.1 Å². The molecule has 0 aliphatic heterocycles. The maximum atomic E-state index is 8.80. The molecule has 0 fully saturated rings. The first kappa shape index (κ1) is 11.6. The number of rotatable bonds is 2. The van der Waals surface area contributed by atoms with Gasteiger partial charge in [-0.05, 0) is 21.3 Å². The SMILES string of the molecule is N#Cc1c(N=[N+]=[N-])nc(N=[N+]=[N-])c(C#N)c1N. The summed E-state index contributed by atoms with van der Waals surface area (Å²) in [5.41, 5.74) is 21.3. The Morgan fingerprint density at radius 2 is 1.47 bits per heavy atom. The molecule has 1 heterocycles. The average molecular weight is 226 g/mol. The average Bonchev–Trinajstić information content (AvgIpc) is 2.30. The van der Waals surface area contributed by atoms with E-state index in [9.17, 15) is 0 Å². The zero-order valence-electron chi connectivity index (χ0n) is 8.10. The second-order valence-electron chi connectivity index (χ2n) is 2.53. The van der Waals surface area contributed by atoms with Gasteiger partial charge in [0, 0.05) is 9.82 Å². The van der Waals surface area contributed by atoms with Crippen LogP contribution in [0.25, 0.3) is 20.9 Å². The first-order valence-corrected chi connectivity index (χ1v) is 3.93. The Hall–Kier alpha value is -3.45. The first-order chi connectivity index (χ1) is 8.19. The highest BCUT2D eigenvalue weighted by Crippen LogP contribution is 2.31. The molecule has 0 radical (unpaired) electrons. The summed E-state index contributed by atoms with van der Waals surface area (Å²) in [5, 5.41) is 23.9. The second-order valence-corrected chi connectivity index (χ2v) is 2.53. The molecule has 80 valence electrons. The molecule has 10 nitrogen and oxygen atoms in total. The number of hydrogen-bond acceptors (Lipinski definition) is 6. The largest absolute Gasteiger partial charge is 0.396 e. The number of nitrogen functional groups attached to an aromatic ring is 1. The van der Waals surface area contributed by atoms with Crippen LogP contribution in [-0.4, -0.2) is 4.98 Å². The molecular formula is C7H2N10. The maximum absolute atomic E-state index is 8.80. The lowest BCUT2D eigenvalue weighted by molar-refractivity contribution is 1.19. The van der Waals surface area contributed by atoms with Crippen molar-refractivity contribution in [3.05, 3.63) is 32.0 Å². The predicted octanol–water partition coefficient (Wildman–Crippen LogP) is 2.29. The summed E-state index contributed by atoms with van der Waals surface area (Å²) in [4.78, 5) is 8.49. The van der Waals surface area contributed by atoms with E-state index >= 15 is 0 Å². The number of aromatic nitrogens is 1. The zero-order chi connectivity index (χ0) is 12.8. The van der Waals surface area contributed by atoms with Gasteiger partial charge in [-0.1, -0.05) is 0 Å². The van der Waals surface area contributed by atoms with Crippen LogP contribution in [-0.2, 0) is 0 Å². The smallest absolute Gasteiger partial charge is 0.147 e. The van der Waals surface area contributed by atoms with Gasteiger partial charge in [0.15, 0.2) is 0 Å². The van der Waals surface area contributed by atoms with Crippen LogP contribution in [0.3, 0.4) is 0 Å². The van der Waals surface area contributed by atoms with Gasteiger partial charge in [0.2, 0.25) is 0 Å². The Bertz CT molecular complexity index is 592. The lowest BCUT2D eigenvalue weighted by Crippen LogP contribution is -1.98. The van der Waals surface area contributed by atoms with Crippen LogP contribution in [0.15, 0.2) is 10.2 Å². The fourth-order valence-corrected chi connectivity index (χ4v) is 1.03. The zero-order valence-corrected chi connectivity index (χ0v) is 8.10. The highest BCUT2D eigenvalue weighted by molar-refractivity contribution is 5.75. The van der Waals surface area contributed by atoms with E-state index in [4.69, 9.17) is 27.3 Å². The third-order valence-electron chi connectivity index (χ3n) is 1.70. The van der Waals surface area contributed by atoms with Crippen molar-refractivity contribution in [1.82, 2.24) is 4.98 Å². The number of nitrogens with two attached hydrogens (primary N) is 1. The normalized spacial score (nSPS) is 8.12. The van der Waals surface area contributed by atoms with Crippen molar-refractivity contribution in [2.24, 2.45) is 10.2 Å². The molecule has 0 aliphatic rings. The van der Waals surface area contributed by atoms with Crippen molar-refractivity contribution in [3.63, 3.8) is 0 Å². The third kappa shape index (κ3) is 1.98. The van der Waals surface area contributed by atoms with E-state index in [0.717, 1.165) is 0 Å². The quantitative estimate of drug-likeness (QED) is 0.460. The van der Waals surface area contributed by atoms with Crippen LogP contribution < -0.4 is 5.73 Å². The molecule has 0 saturated carbocycles. The molecule has 0 aromatic carbocycles. The van der Waals surface area contributed by atoms with Crippen molar-refractivity contribution in [3.8, 4) is 12.1 Å². The summed E-state index contributed by atoms with van der Waals surface area (Å²) < 4.78 is 0. The van der Waals surface area contributed by atoms with E-state index in [2.05, 4.69) is 25.0 Å². The number of anilines is 1. The number of pyridine rings is 1. The highest BCUT2D eigenvalue weighted by atomic mass is 15.2. The van der Waals surface area contributed by atoms with Gasteiger partial charge >= 0.3 is 0 Å². The van der Waals surface area contributed by atoms with E-state index in [1.165, 1.54) is 0 Å². The monoisotopic (exact) mass is 226 g/mol. The van der Waals surface area contributed by atoms with Gasteiger partial charge in [0.1, 0.15) is 34.9 Å². The molecule has 0 saturated heterocycles. The summed E-state index contributed by atoms with van der Waals surface area (Å²) in [6.45, 7) is 0. The molecule has 0 unspecified atom stereocenters. The molecule has 0 atom stereocenters. The van der Waals surface area contributed by atoms with Gasteiger partial charge < -0.3 is 5.73 Å². The maximum Gasteiger partial charge on any atom is 0.147 e. The van der Waals surface area contributed by atoms with E-state index in [1.807, 2.05) is 0 Å². The fourth-order valence-electron chi connectivity index (χ4n) is 1.03. The number of azide groups is 2. The summed E-state index contributed by atoms with van der Waals surface area (Å²) in [5.74, 6) is -0.678. The van der Waals surface area contributed by atoms with E-state index < -0.39 is 0 Å². The van der Waals surface area contributed by atoms with Crippen molar-refractivity contribution >= 4 is 17.3 Å². The van der Waals surface area contributed by atoms with Gasteiger partial charge in [-0.15, -0.1) is 0 Å². The van der Waals surface area contributed by atoms with Crippen LogP contribution in [0.2, 0.25) is 0 Å². The van der Waals surface area contributed by atoms with Gasteiger partial charge in [-0.2, -0.15) is 10.5 Å². The molecule has 17 heavy (non-hydrogen) atoms.